The third kappa shape index (κ3) is 97.5. The van der Waals surface area contributed by atoms with Gasteiger partial charge in [0.15, 0.2) is 0 Å². The molecule has 0 heterocycles. The quantitative estimate of drug-likeness (QED) is 0.565. The van der Waals surface area contributed by atoms with E-state index in [2.05, 4.69) is 27.4 Å². The maximum absolute atomic E-state index is 9.25. The molecule has 0 atom stereocenters. The molecular formula is C7H13O2Sn. The van der Waals surface area contributed by atoms with Crippen LogP contribution in [0.3, 0.4) is 0 Å². The Hall–Kier alpha value is 0.00870. The maximum atomic E-state index is 9.25. The number of hydrogen-bond donors (Lipinski definition) is 1. The van der Waals surface area contributed by atoms with E-state index in [-0.39, 0.29) is 0 Å². The molecule has 0 amide bonds. The fourth-order valence-corrected chi connectivity index (χ4v) is 0. The Morgan fingerprint density at radius 1 is 1.60 bits per heavy atom. The SMILES string of the molecule is C=CC(=O)O.C[C](C)(C)[Sn]. The van der Waals surface area contributed by atoms with E-state index in [1.54, 1.807) is 22.5 Å². The fraction of sp³-hybridized carbons (Fsp3) is 0.571. The molecule has 10 heavy (non-hydrogen) atoms. The van der Waals surface area contributed by atoms with Crippen molar-refractivity contribution in [2.24, 2.45) is 0 Å². The van der Waals surface area contributed by atoms with Crippen molar-refractivity contribution in [2.75, 3.05) is 0 Å². The predicted octanol–water partition coefficient (Wildman–Crippen LogP) is 1.63. The van der Waals surface area contributed by atoms with Crippen LogP contribution in [0.15, 0.2) is 12.7 Å². The van der Waals surface area contributed by atoms with E-state index in [4.69, 9.17) is 5.11 Å². The molecular weight excluding hydrogens is 235 g/mol. The van der Waals surface area contributed by atoms with Crippen molar-refractivity contribution in [2.45, 2.75) is 24.2 Å². The molecule has 0 fully saturated rings. The van der Waals surface area contributed by atoms with Crippen LogP contribution in [0, 0.1) is 0 Å². The first-order chi connectivity index (χ1) is 4.27. The van der Waals surface area contributed by atoms with E-state index in [1.165, 1.54) is 0 Å². The molecule has 0 aliphatic carbocycles. The summed E-state index contributed by atoms with van der Waals surface area (Å²) in [6, 6.07) is 0. The Kier molecular flexibility index (Phi) is 7.30. The third-order valence-electron chi connectivity index (χ3n) is 0.175. The molecule has 0 saturated heterocycles. The topological polar surface area (TPSA) is 37.3 Å². The van der Waals surface area contributed by atoms with Crippen LogP contribution in [0.4, 0.5) is 0 Å². The Balaban J connectivity index is 0. The van der Waals surface area contributed by atoms with Gasteiger partial charge in [0.2, 0.25) is 0 Å². The van der Waals surface area contributed by atoms with Crippen molar-refractivity contribution in [1.29, 1.82) is 0 Å². The van der Waals surface area contributed by atoms with Gasteiger partial charge in [0, 0.05) is 6.08 Å². The van der Waals surface area contributed by atoms with Crippen molar-refractivity contribution in [1.82, 2.24) is 0 Å². The zero-order valence-corrected chi connectivity index (χ0v) is 9.49. The summed E-state index contributed by atoms with van der Waals surface area (Å²) in [5.41, 5.74) is 0. The summed E-state index contributed by atoms with van der Waals surface area (Å²) in [5, 5.41) is 7.60. The summed E-state index contributed by atoms with van der Waals surface area (Å²) in [5.74, 6) is -0.981. The summed E-state index contributed by atoms with van der Waals surface area (Å²) < 4.78 is 0.590. The Bertz CT molecular complexity index is 107. The molecule has 0 aliphatic heterocycles. The average molecular weight is 248 g/mol. The van der Waals surface area contributed by atoms with Crippen molar-refractivity contribution in [3.63, 3.8) is 0 Å². The van der Waals surface area contributed by atoms with Gasteiger partial charge >= 0.3 is 52.7 Å². The van der Waals surface area contributed by atoms with Gasteiger partial charge in [0.1, 0.15) is 0 Å². The van der Waals surface area contributed by atoms with Gasteiger partial charge in [0.25, 0.3) is 0 Å². The predicted molar refractivity (Wildman–Crippen MR) is 43.3 cm³/mol. The van der Waals surface area contributed by atoms with Crippen molar-refractivity contribution in [3.8, 4) is 0 Å². The molecule has 0 rings (SSSR count). The van der Waals surface area contributed by atoms with Gasteiger partial charge in [-0.3, -0.25) is 0 Å². The zero-order chi connectivity index (χ0) is 8.78. The third-order valence-corrected chi connectivity index (χ3v) is 0.175. The number of carbonyl (C=O) groups is 1. The minimum absolute atomic E-state index is 0.590. The number of carboxylic acid groups (broad SMARTS) is 1. The Morgan fingerprint density at radius 3 is 1.70 bits per heavy atom. The number of rotatable bonds is 1. The fourth-order valence-electron chi connectivity index (χ4n) is 0. The molecule has 0 saturated carbocycles. The number of carboxylic acids is 1. The van der Waals surface area contributed by atoms with Crippen molar-refractivity contribution >= 4 is 28.5 Å². The van der Waals surface area contributed by atoms with Crippen LogP contribution >= 0.6 is 0 Å². The van der Waals surface area contributed by atoms with Gasteiger partial charge in [-0.05, 0) is 0 Å². The molecule has 0 aromatic carbocycles. The van der Waals surface area contributed by atoms with Crippen molar-refractivity contribution in [3.05, 3.63) is 12.7 Å². The van der Waals surface area contributed by atoms with E-state index in [9.17, 15) is 4.79 Å². The second-order valence-electron chi connectivity index (χ2n) is 2.79. The van der Waals surface area contributed by atoms with Gasteiger partial charge in [-0.1, -0.05) is 6.58 Å². The van der Waals surface area contributed by atoms with Crippen LogP contribution in [-0.2, 0) is 4.79 Å². The second-order valence-corrected chi connectivity index (χ2v) is 7.07. The molecule has 0 aliphatic rings. The number of hydrogen-bond acceptors (Lipinski definition) is 1. The van der Waals surface area contributed by atoms with Gasteiger partial charge in [-0.2, -0.15) is 0 Å². The Labute approximate surface area is 75.4 Å². The molecule has 3 heteroatoms. The zero-order valence-electron chi connectivity index (χ0n) is 6.64. The monoisotopic (exact) mass is 249 g/mol. The van der Waals surface area contributed by atoms with Gasteiger partial charge in [-0.15, -0.1) is 0 Å². The van der Waals surface area contributed by atoms with Crippen LogP contribution in [0.5, 0.6) is 0 Å². The van der Waals surface area contributed by atoms with Crippen LogP contribution in [-0.4, -0.2) is 33.6 Å². The summed E-state index contributed by atoms with van der Waals surface area (Å²) in [4.78, 5) is 9.25. The first-order valence-corrected chi connectivity index (χ1v) is 4.30. The summed E-state index contributed by atoms with van der Waals surface area (Å²) >= 11 is 1.62. The summed E-state index contributed by atoms with van der Waals surface area (Å²) in [6.45, 7) is 9.64. The van der Waals surface area contributed by atoms with Crippen LogP contribution in [0.1, 0.15) is 20.8 Å². The molecule has 0 bridgehead atoms. The van der Waals surface area contributed by atoms with Crippen molar-refractivity contribution < 1.29 is 9.90 Å². The van der Waals surface area contributed by atoms with Gasteiger partial charge < -0.3 is 5.11 Å². The molecule has 0 spiro atoms. The normalized spacial score (nSPS) is 9.20. The molecule has 0 aromatic rings. The van der Waals surface area contributed by atoms with E-state index in [0.29, 0.717) is 3.43 Å². The van der Waals surface area contributed by atoms with E-state index < -0.39 is 5.97 Å². The van der Waals surface area contributed by atoms with Gasteiger partial charge in [0.05, 0.1) is 0 Å². The molecule has 1 N–H and O–H groups in total. The average Bonchev–Trinajstić information content (AvgIpc) is 1.61. The minimum atomic E-state index is -0.981. The van der Waals surface area contributed by atoms with Crippen LogP contribution in [0.25, 0.3) is 0 Å². The van der Waals surface area contributed by atoms with Crippen LogP contribution < -0.4 is 0 Å². The standard InChI is InChI=1S/C4H9.C3H4O2.Sn/c1-4(2)3;1-2-3(4)5;/h1-3H3;2H,1H2,(H,4,5);. The Morgan fingerprint density at radius 2 is 1.70 bits per heavy atom. The molecule has 2 nitrogen and oxygen atoms in total. The summed E-state index contributed by atoms with van der Waals surface area (Å²) in [6.07, 6.45) is 0.833. The van der Waals surface area contributed by atoms with Crippen LogP contribution in [0.2, 0.25) is 3.43 Å². The van der Waals surface area contributed by atoms with E-state index in [0.717, 1.165) is 6.08 Å². The molecule has 3 radical (unpaired) electrons. The second kappa shape index (κ2) is 5.77. The number of aliphatic carboxylic acids is 1. The molecule has 57 valence electrons. The van der Waals surface area contributed by atoms with E-state index >= 15 is 0 Å². The summed E-state index contributed by atoms with van der Waals surface area (Å²) in [7, 11) is 0. The molecule has 0 aromatic heterocycles. The first-order valence-electron chi connectivity index (χ1n) is 2.87. The first kappa shape index (κ1) is 12.7. The van der Waals surface area contributed by atoms with E-state index in [1.807, 2.05) is 0 Å². The van der Waals surface area contributed by atoms with Gasteiger partial charge in [-0.25, -0.2) is 4.79 Å². The molecule has 0 unspecified atom stereocenters.